The van der Waals surface area contributed by atoms with Crippen molar-refractivity contribution in [1.29, 1.82) is 0 Å². The summed E-state index contributed by atoms with van der Waals surface area (Å²) in [5.74, 6) is 0.0336. The minimum absolute atomic E-state index is 0.0336. The fraction of sp³-hybridized carbons (Fsp3) is 0.200. The monoisotopic (exact) mass is 240 g/mol. The second-order valence-corrected chi connectivity index (χ2v) is 4.26. The molecule has 0 aliphatic rings. The number of rotatable bonds is 5. The van der Waals surface area contributed by atoms with Crippen molar-refractivity contribution >= 4 is 16.7 Å². The lowest BCUT2D eigenvalue weighted by Gasteiger charge is -2.09. The summed E-state index contributed by atoms with van der Waals surface area (Å²) in [7, 11) is 0. The Morgan fingerprint density at radius 1 is 1.39 bits per heavy atom. The molecule has 92 valence electrons. The molecule has 0 spiro atoms. The number of aromatic nitrogens is 1. The summed E-state index contributed by atoms with van der Waals surface area (Å²) in [6, 6.07) is 9.21. The van der Waals surface area contributed by atoms with E-state index in [2.05, 4.69) is 11.6 Å². The summed E-state index contributed by atoms with van der Waals surface area (Å²) >= 11 is 0. The van der Waals surface area contributed by atoms with Crippen molar-refractivity contribution in [3.05, 3.63) is 54.7 Å². The molecule has 2 N–H and O–H groups in total. The van der Waals surface area contributed by atoms with Crippen LogP contribution in [0, 0.1) is 0 Å². The molecule has 0 aliphatic carbocycles. The van der Waals surface area contributed by atoms with Gasteiger partial charge in [0, 0.05) is 18.0 Å². The maximum absolute atomic E-state index is 12.0. The predicted octanol–water partition coefficient (Wildman–Crippen LogP) is 2.25. The topological polar surface area (TPSA) is 56.0 Å². The molecule has 1 unspecified atom stereocenters. The van der Waals surface area contributed by atoms with Crippen molar-refractivity contribution in [2.24, 2.45) is 5.73 Å². The molecule has 1 heterocycles. The van der Waals surface area contributed by atoms with Gasteiger partial charge < -0.3 is 5.73 Å². The molecule has 0 fully saturated rings. The van der Waals surface area contributed by atoms with Crippen LogP contribution in [0.5, 0.6) is 0 Å². The lowest BCUT2D eigenvalue weighted by molar-refractivity contribution is -0.119. The number of nitrogens with two attached hydrogens (primary N) is 1. The lowest BCUT2D eigenvalue weighted by Crippen LogP contribution is -2.31. The summed E-state index contributed by atoms with van der Waals surface area (Å²) in [6.07, 6.45) is 4.26. The van der Waals surface area contributed by atoms with Gasteiger partial charge in [0.1, 0.15) is 0 Å². The van der Waals surface area contributed by atoms with E-state index in [1.807, 2.05) is 30.3 Å². The minimum Gasteiger partial charge on any atom is -0.321 e. The Morgan fingerprint density at radius 2 is 2.17 bits per heavy atom. The molecular weight excluding hydrogens is 224 g/mol. The van der Waals surface area contributed by atoms with Crippen LogP contribution in [0.2, 0.25) is 0 Å². The van der Waals surface area contributed by atoms with Crippen LogP contribution < -0.4 is 5.73 Å². The fourth-order valence-electron chi connectivity index (χ4n) is 1.94. The van der Waals surface area contributed by atoms with Crippen molar-refractivity contribution in [3.63, 3.8) is 0 Å². The van der Waals surface area contributed by atoms with Crippen LogP contribution in [-0.4, -0.2) is 16.8 Å². The Kier molecular flexibility index (Phi) is 3.85. The standard InChI is InChI=1S/C15H16N2O/c1-2-5-13(16)15(18)10-11-8-9-17-14-7-4-3-6-12(11)14/h2-4,6-9,13H,1,5,10,16H2. The molecule has 3 heteroatoms. The van der Waals surface area contributed by atoms with Crippen LogP contribution in [0.3, 0.4) is 0 Å². The van der Waals surface area contributed by atoms with E-state index in [0.717, 1.165) is 16.5 Å². The van der Waals surface area contributed by atoms with E-state index in [-0.39, 0.29) is 5.78 Å². The third-order valence-electron chi connectivity index (χ3n) is 2.94. The Hall–Kier alpha value is -2.00. The van der Waals surface area contributed by atoms with E-state index in [9.17, 15) is 4.79 Å². The molecule has 0 bridgehead atoms. The van der Waals surface area contributed by atoms with Gasteiger partial charge in [-0.1, -0.05) is 24.3 Å². The lowest BCUT2D eigenvalue weighted by atomic mass is 9.99. The molecule has 18 heavy (non-hydrogen) atoms. The SMILES string of the molecule is C=CCC(N)C(=O)Cc1ccnc2ccccc12. The molecule has 0 aliphatic heterocycles. The zero-order valence-electron chi connectivity index (χ0n) is 10.2. The molecule has 0 amide bonds. The van der Waals surface area contributed by atoms with Gasteiger partial charge in [0.15, 0.2) is 5.78 Å². The van der Waals surface area contributed by atoms with Crippen LogP contribution in [0.1, 0.15) is 12.0 Å². The Balaban J connectivity index is 2.26. The first-order valence-corrected chi connectivity index (χ1v) is 5.94. The van der Waals surface area contributed by atoms with E-state index in [4.69, 9.17) is 5.73 Å². The fourth-order valence-corrected chi connectivity index (χ4v) is 1.94. The number of hydrogen-bond donors (Lipinski definition) is 1. The second-order valence-electron chi connectivity index (χ2n) is 4.26. The number of Topliss-reactive ketones (excluding diaryl/α,β-unsaturated/α-hetero) is 1. The molecule has 2 aromatic rings. The number of para-hydroxylation sites is 1. The van der Waals surface area contributed by atoms with Crippen LogP contribution in [0.15, 0.2) is 49.2 Å². The quantitative estimate of drug-likeness (QED) is 0.815. The Bertz CT molecular complexity index is 572. The summed E-state index contributed by atoms with van der Waals surface area (Å²) in [5, 5.41) is 1.01. The zero-order valence-corrected chi connectivity index (χ0v) is 10.2. The van der Waals surface area contributed by atoms with Gasteiger partial charge in [0.2, 0.25) is 0 Å². The third kappa shape index (κ3) is 2.63. The van der Waals surface area contributed by atoms with Crippen molar-refractivity contribution in [1.82, 2.24) is 4.98 Å². The molecule has 0 saturated carbocycles. The van der Waals surface area contributed by atoms with E-state index in [1.165, 1.54) is 0 Å². The number of benzene rings is 1. The number of pyridine rings is 1. The van der Waals surface area contributed by atoms with Gasteiger partial charge in [0.25, 0.3) is 0 Å². The van der Waals surface area contributed by atoms with Gasteiger partial charge in [-0.05, 0) is 24.1 Å². The highest BCUT2D eigenvalue weighted by Crippen LogP contribution is 2.17. The van der Waals surface area contributed by atoms with Gasteiger partial charge in [-0.2, -0.15) is 0 Å². The summed E-state index contributed by atoms with van der Waals surface area (Å²) in [6.45, 7) is 3.60. The number of carbonyl (C=O) groups is 1. The average Bonchev–Trinajstić information content (AvgIpc) is 2.39. The van der Waals surface area contributed by atoms with E-state index < -0.39 is 6.04 Å². The van der Waals surface area contributed by atoms with Crippen molar-refractivity contribution in [2.45, 2.75) is 18.9 Å². The number of hydrogen-bond acceptors (Lipinski definition) is 3. The van der Waals surface area contributed by atoms with Gasteiger partial charge in [-0.3, -0.25) is 9.78 Å². The predicted molar refractivity (Wildman–Crippen MR) is 73.2 cm³/mol. The summed E-state index contributed by atoms with van der Waals surface area (Å²) in [5.41, 5.74) is 7.66. The van der Waals surface area contributed by atoms with Crippen molar-refractivity contribution in [2.75, 3.05) is 0 Å². The van der Waals surface area contributed by atoms with E-state index >= 15 is 0 Å². The third-order valence-corrected chi connectivity index (χ3v) is 2.94. The van der Waals surface area contributed by atoms with Crippen molar-refractivity contribution in [3.8, 4) is 0 Å². The van der Waals surface area contributed by atoms with E-state index in [0.29, 0.717) is 12.8 Å². The molecule has 0 radical (unpaired) electrons. The first-order chi connectivity index (χ1) is 8.72. The van der Waals surface area contributed by atoms with E-state index in [1.54, 1.807) is 12.3 Å². The summed E-state index contributed by atoms with van der Waals surface area (Å²) < 4.78 is 0. The van der Waals surface area contributed by atoms with Gasteiger partial charge in [-0.15, -0.1) is 6.58 Å². The highest BCUT2D eigenvalue weighted by Gasteiger charge is 2.13. The highest BCUT2D eigenvalue weighted by atomic mass is 16.1. The Morgan fingerprint density at radius 3 is 2.94 bits per heavy atom. The van der Waals surface area contributed by atoms with Crippen LogP contribution in [0.4, 0.5) is 0 Å². The largest absolute Gasteiger partial charge is 0.321 e. The number of fused-ring (bicyclic) bond motifs is 1. The van der Waals surface area contributed by atoms with Crippen LogP contribution in [0.25, 0.3) is 10.9 Å². The minimum atomic E-state index is -0.463. The second kappa shape index (κ2) is 5.56. The Labute approximate surface area is 106 Å². The molecule has 1 aromatic heterocycles. The van der Waals surface area contributed by atoms with Crippen LogP contribution >= 0.6 is 0 Å². The molecule has 1 aromatic carbocycles. The molecule has 1 atom stereocenters. The number of carbonyl (C=O) groups excluding carboxylic acids is 1. The van der Waals surface area contributed by atoms with Crippen LogP contribution in [-0.2, 0) is 11.2 Å². The van der Waals surface area contributed by atoms with Gasteiger partial charge in [0.05, 0.1) is 11.6 Å². The smallest absolute Gasteiger partial charge is 0.154 e. The maximum Gasteiger partial charge on any atom is 0.154 e. The normalized spacial score (nSPS) is 12.3. The number of nitrogens with zero attached hydrogens (tertiary/aromatic N) is 1. The zero-order chi connectivity index (χ0) is 13.0. The molecular formula is C15H16N2O. The van der Waals surface area contributed by atoms with Crippen molar-refractivity contribution < 1.29 is 4.79 Å². The first kappa shape index (κ1) is 12.5. The molecule has 3 nitrogen and oxygen atoms in total. The average molecular weight is 240 g/mol. The van der Waals surface area contributed by atoms with Gasteiger partial charge in [-0.25, -0.2) is 0 Å². The molecule has 0 saturated heterocycles. The summed E-state index contributed by atoms with van der Waals surface area (Å²) in [4.78, 5) is 16.2. The highest BCUT2D eigenvalue weighted by molar-refractivity contribution is 5.91. The van der Waals surface area contributed by atoms with Gasteiger partial charge >= 0.3 is 0 Å². The first-order valence-electron chi connectivity index (χ1n) is 5.94. The molecule has 2 rings (SSSR count). The number of ketones is 1. The maximum atomic E-state index is 12.0.